The lowest BCUT2D eigenvalue weighted by Gasteiger charge is -2.14. The summed E-state index contributed by atoms with van der Waals surface area (Å²) >= 11 is 0. The summed E-state index contributed by atoms with van der Waals surface area (Å²) in [6, 6.07) is 8.19. The van der Waals surface area contributed by atoms with Crippen LogP contribution in [0.4, 0.5) is 5.69 Å². The molecule has 0 saturated heterocycles. The smallest absolute Gasteiger partial charge is 0.227 e. The number of hydrogen-bond donors (Lipinski definition) is 2. The van der Waals surface area contributed by atoms with Crippen LogP contribution in [0.2, 0.25) is 0 Å². The van der Waals surface area contributed by atoms with E-state index in [4.69, 9.17) is 5.73 Å². The molecule has 0 spiro atoms. The fraction of sp³-hybridized carbons (Fsp3) is 0.400. The third kappa shape index (κ3) is 3.58. The zero-order valence-electron chi connectivity index (χ0n) is 11.5. The molecular weight excluding hydrogens is 238 g/mol. The van der Waals surface area contributed by atoms with E-state index in [1.54, 1.807) is 0 Å². The Kier molecular flexibility index (Phi) is 4.22. The van der Waals surface area contributed by atoms with Gasteiger partial charge in [0.15, 0.2) is 0 Å². The molecule has 0 fully saturated rings. The Bertz CT molecular complexity index is 465. The highest BCUT2D eigenvalue weighted by atomic mass is 16.1. The summed E-state index contributed by atoms with van der Waals surface area (Å²) in [5, 5.41) is 2.95. The first-order chi connectivity index (χ1) is 9.06. The van der Waals surface area contributed by atoms with Crippen LogP contribution in [0.1, 0.15) is 12.0 Å². The van der Waals surface area contributed by atoms with Gasteiger partial charge in [-0.05, 0) is 24.1 Å². The molecule has 0 aliphatic heterocycles. The van der Waals surface area contributed by atoms with Gasteiger partial charge in [-0.25, -0.2) is 0 Å². The molecule has 0 heterocycles. The Morgan fingerprint density at radius 3 is 2.53 bits per heavy atom. The highest BCUT2D eigenvalue weighted by molar-refractivity contribution is 5.81. The lowest BCUT2D eigenvalue weighted by atomic mass is 10.1. The third-order valence-corrected chi connectivity index (χ3v) is 3.37. The van der Waals surface area contributed by atoms with Gasteiger partial charge in [0.25, 0.3) is 0 Å². The predicted octanol–water partition coefficient (Wildman–Crippen LogP) is 1.27. The Morgan fingerprint density at radius 2 is 2.00 bits per heavy atom. The van der Waals surface area contributed by atoms with Crippen molar-refractivity contribution in [3.05, 3.63) is 42.0 Å². The van der Waals surface area contributed by atoms with E-state index in [1.807, 2.05) is 55.4 Å². The summed E-state index contributed by atoms with van der Waals surface area (Å²) in [6.45, 7) is 0.562. The molecule has 1 amide bonds. The zero-order chi connectivity index (χ0) is 13.8. The summed E-state index contributed by atoms with van der Waals surface area (Å²) in [5.74, 6) is -0.0167. The van der Waals surface area contributed by atoms with Crippen LogP contribution in [0.5, 0.6) is 0 Å². The van der Waals surface area contributed by atoms with E-state index in [-0.39, 0.29) is 17.9 Å². The molecule has 1 aromatic carbocycles. The van der Waals surface area contributed by atoms with E-state index in [9.17, 15) is 4.79 Å². The van der Waals surface area contributed by atoms with E-state index < -0.39 is 0 Å². The van der Waals surface area contributed by atoms with Gasteiger partial charge in [-0.1, -0.05) is 24.3 Å². The van der Waals surface area contributed by atoms with Gasteiger partial charge in [0, 0.05) is 32.4 Å². The summed E-state index contributed by atoms with van der Waals surface area (Å²) < 4.78 is 0. The molecule has 2 atom stereocenters. The van der Waals surface area contributed by atoms with Crippen LogP contribution >= 0.6 is 0 Å². The number of nitrogens with zero attached hydrogens (tertiary/aromatic N) is 1. The van der Waals surface area contributed by atoms with Gasteiger partial charge in [0.1, 0.15) is 0 Å². The quantitative estimate of drug-likeness (QED) is 0.801. The van der Waals surface area contributed by atoms with Gasteiger partial charge in [0.05, 0.1) is 5.92 Å². The van der Waals surface area contributed by atoms with Crippen LogP contribution in [0, 0.1) is 5.92 Å². The van der Waals surface area contributed by atoms with Crippen molar-refractivity contribution in [1.82, 2.24) is 5.32 Å². The molecule has 0 saturated carbocycles. The Labute approximate surface area is 114 Å². The second-order valence-electron chi connectivity index (χ2n) is 5.17. The van der Waals surface area contributed by atoms with Crippen molar-refractivity contribution >= 4 is 11.6 Å². The summed E-state index contributed by atoms with van der Waals surface area (Å²) in [7, 11) is 4.01. The van der Waals surface area contributed by atoms with Crippen molar-refractivity contribution in [2.24, 2.45) is 11.7 Å². The first kappa shape index (κ1) is 13.6. The van der Waals surface area contributed by atoms with Crippen molar-refractivity contribution < 1.29 is 4.79 Å². The molecule has 4 nitrogen and oxygen atoms in total. The van der Waals surface area contributed by atoms with Crippen LogP contribution in [0.15, 0.2) is 36.4 Å². The molecular formula is C15H21N3O. The van der Waals surface area contributed by atoms with Gasteiger partial charge < -0.3 is 16.0 Å². The second-order valence-corrected chi connectivity index (χ2v) is 5.17. The number of nitrogens with two attached hydrogens (primary N) is 1. The largest absolute Gasteiger partial charge is 0.378 e. The van der Waals surface area contributed by atoms with Gasteiger partial charge in [-0.3, -0.25) is 4.79 Å². The first-order valence-electron chi connectivity index (χ1n) is 6.54. The predicted molar refractivity (Wildman–Crippen MR) is 77.8 cm³/mol. The molecule has 0 aromatic heterocycles. The highest BCUT2D eigenvalue weighted by Gasteiger charge is 2.22. The SMILES string of the molecule is CN(C)c1ccc(CNC(=O)C2C=CC(N)C2)cc1. The van der Waals surface area contributed by atoms with Crippen LogP contribution in [0.3, 0.4) is 0 Å². The van der Waals surface area contributed by atoms with Crippen LogP contribution in [0.25, 0.3) is 0 Å². The fourth-order valence-corrected chi connectivity index (χ4v) is 2.15. The molecule has 0 radical (unpaired) electrons. The van der Waals surface area contributed by atoms with E-state index in [1.165, 1.54) is 0 Å². The Hall–Kier alpha value is -1.81. The number of hydrogen-bond acceptors (Lipinski definition) is 3. The second kappa shape index (κ2) is 5.89. The van der Waals surface area contributed by atoms with E-state index in [0.29, 0.717) is 13.0 Å². The zero-order valence-corrected chi connectivity index (χ0v) is 11.5. The van der Waals surface area contributed by atoms with Crippen molar-refractivity contribution in [3.63, 3.8) is 0 Å². The monoisotopic (exact) mass is 259 g/mol. The number of carbonyl (C=O) groups excluding carboxylic acids is 1. The Morgan fingerprint density at radius 1 is 1.32 bits per heavy atom. The molecule has 2 rings (SSSR count). The maximum Gasteiger partial charge on any atom is 0.227 e. The minimum atomic E-state index is -0.0731. The van der Waals surface area contributed by atoms with Crippen molar-refractivity contribution in [2.45, 2.75) is 19.0 Å². The average Bonchev–Trinajstić information content (AvgIpc) is 2.83. The average molecular weight is 259 g/mol. The standard InChI is InChI=1S/C15H21N3O/c1-18(2)14-7-3-11(4-8-14)10-17-15(19)12-5-6-13(16)9-12/h3-8,12-13H,9-10,16H2,1-2H3,(H,17,19). The van der Waals surface area contributed by atoms with Gasteiger partial charge in [-0.2, -0.15) is 0 Å². The number of anilines is 1. The normalized spacial score (nSPS) is 21.4. The minimum Gasteiger partial charge on any atom is -0.378 e. The topological polar surface area (TPSA) is 58.4 Å². The molecule has 102 valence electrons. The lowest BCUT2D eigenvalue weighted by Crippen LogP contribution is -2.30. The summed E-state index contributed by atoms with van der Waals surface area (Å²) in [5.41, 5.74) is 8.00. The molecule has 4 heteroatoms. The Balaban J connectivity index is 1.85. The number of carbonyl (C=O) groups is 1. The van der Waals surface area contributed by atoms with Gasteiger partial charge in [0.2, 0.25) is 5.91 Å². The van der Waals surface area contributed by atoms with E-state index in [0.717, 1.165) is 11.3 Å². The first-order valence-corrected chi connectivity index (χ1v) is 6.54. The number of rotatable bonds is 4. The van der Waals surface area contributed by atoms with Crippen LogP contribution in [-0.2, 0) is 11.3 Å². The molecule has 2 unspecified atom stereocenters. The van der Waals surface area contributed by atoms with Crippen LogP contribution in [-0.4, -0.2) is 26.0 Å². The fourth-order valence-electron chi connectivity index (χ4n) is 2.15. The molecule has 1 aliphatic carbocycles. The molecule has 1 aromatic rings. The number of amides is 1. The molecule has 0 bridgehead atoms. The summed E-state index contributed by atoms with van der Waals surface area (Å²) in [4.78, 5) is 14.0. The van der Waals surface area contributed by atoms with Crippen LogP contribution < -0.4 is 16.0 Å². The summed E-state index contributed by atoms with van der Waals surface area (Å²) in [6.07, 6.45) is 4.51. The lowest BCUT2D eigenvalue weighted by molar-refractivity contribution is -0.123. The number of nitrogens with one attached hydrogen (secondary N) is 1. The highest BCUT2D eigenvalue weighted by Crippen LogP contribution is 2.17. The maximum absolute atomic E-state index is 11.9. The van der Waals surface area contributed by atoms with E-state index in [2.05, 4.69) is 5.32 Å². The molecule has 3 N–H and O–H groups in total. The van der Waals surface area contributed by atoms with Crippen molar-refractivity contribution in [3.8, 4) is 0 Å². The van der Waals surface area contributed by atoms with Crippen molar-refractivity contribution in [1.29, 1.82) is 0 Å². The number of benzene rings is 1. The van der Waals surface area contributed by atoms with Crippen molar-refractivity contribution in [2.75, 3.05) is 19.0 Å². The van der Waals surface area contributed by atoms with E-state index >= 15 is 0 Å². The third-order valence-electron chi connectivity index (χ3n) is 3.37. The van der Waals surface area contributed by atoms with Gasteiger partial charge >= 0.3 is 0 Å². The maximum atomic E-state index is 11.9. The minimum absolute atomic E-state index is 0.0233. The van der Waals surface area contributed by atoms with Gasteiger partial charge in [-0.15, -0.1) is 0 Å². The molecule has 19 heavy (non-hydrogen) atoms. The molecule has 1 aliphatic rings.